The average molecular weight is 515 g/mol. The van der Waals surface area contributed by atoms with Crippen LogP contribution in [0.25, 0.3) is 10.9 Å². The number of methoxy groups -OCH3 is 2. The van der Waals surface area contributed by atoms with Crippen LogP contribution < -0.4 is 24.8 Å². The minimum atomic E-state index is 0.372. The summed E-state index contributed by atoms with van der Waals surface area (Å²) < 4.78 is 17.2. The second-order valence-electron chi connectivity index (χ2n) is 8.09. The van der Waals surface area contributed by atoms with E-state index in [2.05, 4.69) is 21.7 Å². The fraction of sp³-hybridized carbons (Fsp3) is 0.172. The van der Waals surface area contributed by atoms with Gasteiger partial charge in [-0.15, -0.1) is 0 Å². The Hall–Kier alpha value is -4.41. The number of nitrogens with one attached hydrogen (secondary N) is 2. The summed E-state index contributed by atoms with van der Waals surface area (Å²) in [5.74, 6) is 1.58. The first-order chi connectivity index (χ1) is 18.1. The van der Waals surface area contributed by atoms with Crippen molar-refractivity contribution in [1.29, 1.82) is 5.26 Å². The predicted molar refractivity (Wildman–Crippen MR) is 148 cm³/mol. The fourth-order valence-corrected chi connectivity index (χ4v) is 4.03. The third-order valence-corrected chi connectivity index (χ3v) is 5.84. The van der Waals surface area contributed by atoms with E-state index in [0.29, 0.717) is 47.4 Å². The minimum Gasteiger partial charge on any atom is -0.493 e. The smallest absolute Gasteiger partial charge is 0.203 e. The first kappa shape index (κ1) is 25.7. The number of pyridine rings is 1. The summed E-state index contributed by atoms with van der Waals surface area (Å²) in [5, 5.41) is 17.8. The number of ether oxygens (including phenoxy) is 3. The summed E-state index contributed by atoms with van der Waals surface area (Å²) in [4.78, 5) is 4.37. The van der Waals surface area contributed by atoms with E-state index in [4.69, 9.17) is 25.8 Å². The van der Waals surface area contributed by atoms with Gasteiger partial charge in [0.2, 0.25) is 5.75 Å². The molecule has 0 radical (unpaired) electrons. The summed E-state index contributed by atoms with van der Waals surface area (Å²) in [6.45, 7) is 0.915. The van der Waals surface area contributed by atoms with E-state index < -0.39 is 0 Å². The van der Waals surface area contributed by atoms with Gasteiger partial charge in [-0.1, -0.05) is 29.8 Å². The molecule has 7 nitrogen and oxygen atoms in total. The summed E-state index contributed by atoms with van der Waals surface area (Å²) in [6, 6.07) is 23.2. The third kappa shape index (κ3) is 6.63. The number of fused-ring (bicyclic) bond motifs is 1. The molecule has 0 amide bonds. The molecule has 1 heterocycles. The summed E-state index contributed by atoms with van der Waals surface area (Å²) in [6.07, 6.45) is 3.85. The molecular formula is C29H27ClN4O3. The Morgan fingerprint density at radius 1 is 1.03 bits per heavy atom. The second-order valence-corrected chi connectivity index (χ2v) is 8.53. The molecule has 0 aliphatic carbocycles. The highest BCUT2D eigenvalue weighted by molar-refractivity contribution is 6.31. The van der Waals surface area contributed by atoms with Gasteiger partial charge in [0, 0.05) is 52.7 Å². The van der Waals surface area contributed by atoms with Crippen LogP contribution in [0.1, 0.15) is 5.56 Å². The topological polar surface area (TPSA) is 88.4 Å². The molecule has 0 aliphatic rings. The molecule has 0 fully saturated rings. The maximum Gasteiger partial charge on any atom is 0.203 e. The van der Waals surface area contributed by atoms with E-state index >= 15 is 0 Å². The molecule has 4 rings (SSSR count). The van der Waals surface area contributed by atoms with E-state index in [1.54, 1.807) is 26.6 Å². The summed E-state index contributed by atoms with van der Waals surface area (Å²) in [7, 11) is 3.15. The highest BCUT2D eigenvalue weighted by Crippen LogP contribution is 2.39. The molecule has 1 aromatic heterocycles. The molecule has 0 saturated heterocycles. The highest BCUT2D eigenvalue weighted by Gasteiger charge is 2.15. The molecular weight excluding hydrogens is 488 g/mol. The normalized spacial score (nSPS) is 11.0. The van der Waals surface area contributed by atoms with Crippen LogP contribution in [0, 0.1) is 11.3 Å². The standard InChI is InChI=1S/C29H27ClN4O3/c1-35-27-15-20(14-21(18-31)19-34-23-6-4-3-5-7-23)16-28(29(27)36-2)37-13-12-33-25-10-11-32-26-17-22(30)8-9-24(25)26/h3-11,15-17,19,34H,12-14H2,1-2H3,(H,32,33)/b21-19-. The van der Waals surface area contributed by atoms with Crippen LogP contribution in [-0.4, -0.2) is 32.4 Å². The molecule has 188 valence electrons. The number of hydrogen-bond acceptors (Lipinski definition) is 7. The lowest BCUT2D eigenvalue weighted by Crippen LogP contribution is -2.12. The first-order valence-electron chi connectivity index (χ1n) is 11.7. The Morgan fingerprint density at radius 3 is 2.59 bits per heavy atom. The number of nitrogens with zero attached hydrogens (tertiary/aromatic N) is 2. The molecule has 37 heavy (non-hydrogen) atoms. The van der Waals surface area contributed by atoms with Gasteiger partial charge >= 0.3 is 0 Å². The monoisotopic (exact) mass is 514 g/mol. The molecule has 0 aliphatic heterocycles. The van der Waals surface area contributed by atoms with Crippen molar-refractivity contribution in [1.82, 2.24) is 4.98 Å². The number of rotatable bonds is 11. The third-order valence-electron chi connectivity index (χ3n) is 5.61. The molecule has 2 N–H and O–H groups in total. The van der Waals surface area contributed by atoms with Crippen LogP contribution in [0.5, 0.6) is 17.2 Å². The van der Waals surface area contributed by atoms with Crippen molar-refractivity contribution in [2.75, 3.05) is 38.0 Å². The van der Waals surface area contributed by atoms with Crippen molar-refractivity contribution in [3.63, 3.8) is 0 Å². The zero-order chi connectivity index (χ0) is 26.0. The molecule has 0 spiro atoms. The summed E-state index contributed by atoms with van der Waals surface area (Å²) >= 11 is 6.09. The zero-order valence-electron chi connectivity index (χ0n) is 20.6. The number of aromatic nitrogens is 1. The van der Waals surface area contributed by atoms with Gasteiger partial charge in [-0.3, -0.25) is 4.98 Å². The molecule has 4 aromatic rings. The SMILES string of the molecule is COc1cc(C/C(C#N)=C/Nc2ccccc2)cc(OCCNc2ccnc3cc(Cl)ccc23)c1OC. The lowest BCUT2D eigenvalue weighted by Gasteiger charge is -2.16. The lowest BCUT2D eigenvalue weighted by atomic mass is 10.1. The van der Waals surface area contributed by atoms with Crippen LogP contribution in [0.2, 0.25) is 5.02 Å². The molecule has 0 bridgehead atoms. The van der Waals surface area contributed by atoms with Crippen molar-refractivity contribution in [3.8, 4) is 23.3 Å². The van der Waals surface area contributed by atoms with E-state index in [1.165, 1.54) is 0 Å². The molecule has 3 aromatic carbocycles. The van der Waals surface area contributed by atoms with Gasteiger partial charge in [-0.05, 0) is 54.1 Å². The minimum absolute atomic E-state index is 0.372. The van der Waals surface area contributed by atoms with Gasteiger partial charge < -0.3 is 24.8 Å². The maximum atomic E-state index is 9.67. The van der Waals surface area contributed by atoms with Crippen LogP contribution in [0.3, 0.4) is 0 Å². The van der Waals surface area contributed by atoms with E-state index in [1.807, 2.05) is 66.7 Å². The number of allylic oxidation sites excluding steroid dienone is 1. The van der Waals surface area contributed by atoms with Gasteiger partial charge in [0.25, 0.3) is 0 Å². The van der Waals surface area contributed by atoms with Crippen LogP contribution in [0.4, 0.5) is 11.4 Å². The average Bonchev–Trinajstić information content (AvgIpc) is 2.93. The Bertz CT molecular complexity index is 1430. The van der Waals surface area contributed by atoms with E-state index in [9.17, 15) is 5.26 Å². The quantitative estimate of drug-likeness (QED) is 0.175. The zero-order valence-corrected chi connectivity index (χ0v) is 21.4. The van der Waals surface area contributed by atoms with Gasteiger partial charge in [-0.25, -0.2) is 0 Å². The Balaban J connectivity index is 1.46. The Labute approximate surface area is 221 Å². The predicted octanol–water partition coefficient (Wildman–Crippen LogP) is 6.46. The van der Waals surface area contributed by atoms with Crippen LogP contribution in [-0.2, 0) is 6.42 Å². The first-order valence-corrected chi connectivity index (χ1v) is 12.1. The van der Waals surface area contributed by atoms with Crippen molar-refractivity contribution < 1.29 is 14.2 Å². The van der Waals surface area contributed by atoms with Gasteiger partial charge in [0.05, 0.1) is 25.8 Å². The molecule has 8 heteroatoms. The Morgan fingerprint density at radius 2 is 1.84 bits per heavy atom. The fourth-order valence-electron chi connectivity index (χ4n) is 3.86. The maximum absolute atomic E-state index is 9.67. The number of hydrogen-bond donors (Lipinski definition) is 2. The van der Waals surface area contributed by atoms with E-state index in [-0.39, 0.29) is 0 Å². The van der Waals surface area contributed by atoms with Crippen molar-refractivity contribution >= 4 is 33.9 Å². The largest absolute Gasteiger partial charge is 0.493 e. The number of halogens is 1. The van der Waals surface area contributed by atoms with Crippen LogP contribution >= 0.6 is 11.6 Å². The lowest BCUT2D eigenvalue weighted by molar-refractivity contribution is 0.292. The van der Waals surface area contributed by atoms with Gasteiger partial charge in [0.15, 0.2) is 11.5 Å². The molecule has 0 unspecified atom stereocenters. The van der Waals surface area contributed by atoms with Crippen molar-refractivity contribution in [2.24, 2.45) is 0 Å². The van der Waals surface area contributed by atoms with Gasteiger partial charge in [0.1, 0.15) is 6.61 Å². The van der Waals surface area contributed by atoms with Crippen LogP contribution in [0.15, 0.2) is 84.7 Å². The number of anilines is 2. The molecule has 0 atom stereocenters. The second kappa shape index (κ2) is 12.5. The molecule has 0 saturated carbocycles. The number of benzene rings is 3. The number of para-hydroxylation sites is 1. The van der Waals surface area contributed by atoms with E-state index in [0.717, 1.165) is 27.8 Å². The highest BCUT2D eigenvalue weighted by atomic mass is 35.5. The van der Waals surface area contributed by atoms with Crippen molar-refractivity contribution in [3.05, 3.63) is 95.3 Å². The van der Waals surface area contributed by atoms with Crippen molar-refractivity contribution in [2.45, 2.75) is 6.42 Å². The van der Waals surface area contributed by atoms with Gasteiger partial charge in [-0.2, -0.15) is 5.26 Å². The summed E-state index contributed by atoms with van der Waals surface area (Å²) in [5.41, 5.74) is 4.09. The number of nitriles is 1. The Kier molecular flexibility index (Phi) is 8.69.